The van der Waals surface area contributed by atoms with E-state index in [4.69, 9.17) is 18.9 Å². The topological polar surface area (TPSA) is 36.9 Å². The van der Waals surface area contributed by atoms with Gasteiger partial charge >= 0.3 is 6.18 Å². The summed E-state index contributed by atoms with van der Waals surface area (Å²) in [6.07, 6.45) is 0.547. The van der Waals surface area contributed by atoms with Crippen LogP contribution in [-0.2, 0) is 25.1 Å². The molecular weight excluding hydrogens is 361 g/mol. The summed E-state index contributed by atoms with van der Waals surface area (Å²) in [6.45, 7) is 4.32. The molecule has 0 aliphatic carbocycles. The predicted octanol–water partition coefficient (Wildman–Crippen LogP) is 4.71. The molecule has 0 saturated carbocycles. The summed E-state index contributed by atoms with van der Waals surface area (Å²) in [5, 5.41) is 0. The Labute approximate surface area is 157 Å². The van der Waals surface area contributed by atoms with Crippen LogP contribution in [0.3, 0.4) is 0 Å². The van der Waals surface area contributed by atoms with Crippen LogP contribution in [0.15, 0.2) is 36.4 Å². The van der Waals surface area contributed by atoms with E-state index in [0.717, 1.165) is 25.0 Å². The van der Waals surface area contributed by atoms with E-state index in [9.17, 15) is 13.2 Å². The summed E-state index contributed by atoms with van der Waals surface area (Å²) in [7, 11) is 0. The van der Waals surface area contributed by atoms with Gasteiger partial charge in [-0.25, -0.2) is 0 Å². The van der Waals surface area contributed by atoms with Crippen molar-refractivity contribution in [2.45, 2.75) is 38.5 Å². The van der Waals surface area contributed by atoms with Gasteiger partial charge in [-0.3, -0.25) is 0 Å². The van der Waals surface area contributed by atoms with Crippen LogP contribution in [0.25, 0.3) is 0 Å². The monoisotopic (exact) mass is 386 g/mol. The normalized spacial score (nSPS) is 29.9. The molecule has 0 amide bonds. The molecule has 2 aliphatic rings. The lowest BCUT2D eigenvalue weighted by Gasteiger charge is -2.32. The Morgan fingerprint density at radius 1 is 0.926 bits per heavy atom. The summed E-state index contributed by atoms with van der Waals surface area (Å²) >= 11 is 0. The molecule has 0 radical (unpaired) electrons. The first-order valence-electron chi connectivity index (χ1n) is 9.22. The second-order valence-electron chi connectivity index (χ2n) is 6.94. The summed E-state index contributed by atoms with van der Waals surface area (Å²) < 4.78 is 60.7. The first-order chi connectivity index (χ1) is 13.0. The van der Waals surface area contributed by atoms with Gasteiger partial charge in [0, 0.05) is 17.4 Å². The second-order valence-corrected chi connectivity index (χ2v) is 6.94. The molecule has 3 rings (SSSR count). The minimum atomic E-state index is -4.34. The molecule has 2 fully saturated rings. The number of alkyl halides is 3. The quantitative estimate of drug-likeness (QED) is 0.687. The molecule has 2 saturated heterocycles. The summed E-state index contributed by atoms with van der Waals surface area (Å²) in [5.74, 6) is 0.535. The number of ether oxygens (including phenoxy) is 4. The average Bonchev–Trinajstić information content (AvgIpc) is 2.68. The highest BCUT2D eigenvalue weighted by Crippen LogP contribution is 2.32. The van der Waals surface area contributed by atoms with E-state index in [2.05, 4.69) is 6.08 Å². The molecule has 2 heterocycles. The van der Waals surface area contributed by atoms with E-state index in [1.54, 1.807) is 0 Å². The smallest absolute Gasteiger partial charge is 0.352 e. The molecule has 27 heavy (non-hydrogen) atoms. The van der Waals surface area contributed by atoms with E-state index in [-0.39, 0.29) is 12.2 Å². The van der Waals surface area contributed by atoms with Gasteiger partial charge in [0.2, 0.25) is 0 Å². The molecule has 150 valence electrons. The Morgan fingerprint density at radius 3 is 2.11 bits per heavy atom. The fourth-order valence-corrected chi connectivity index (χ4v) is 3.21. The zero-order chi connectivity index (χ0) is 19.3. The van der Waals surface area contributed by atoms with Crippen molar-refractivity contribution in [1.29, 1.82) is 0 Å². The highest BCUT2D eigenvalue weighted by atomic mass is 19.4. The molecule has 1 aromatic rings. The minimum absolute atomic E-state index is 0.195. The SMILES string of the molecule is CC=C[C@H]1CO[C@H](CC[C@H]2CO[C@H](c3ccc(C(F)(F)F)cc3)OC2)OC1. The molecule has 0 N–H and O–H groups in total. The molecule has 4 nitrogen and oxygen atoms in total. The van der Waals surface area contributed by atoms with Crippen molar-refractivity contribution in [1.82, 2.24) is 0 Å². The van der Waals surface area contributed by atoms with Crippen molar-refractivity contribution in [2.75, 3.05) is 26.4 Å². The molecule has 0 unspecified atom stereocenters. The van der Waals surface area contributed by atoms with Gasteiger partial charge in [0.1, 0.15) is 0 Å². The molecule has 7 heteroatoms. The third-order valence-corrected chi connectivity index (χ3v) is 4.74. The number of allylic oxidation sites excluding steroid dienone is 1. The van der Waals surface area contributed by atoms with E-state index < -0.39 is 18.0 Å². The van der Waals surface area contributed by atoms with Crippen LogP contribution in [0.1, 0.15) is 37.2 Å². The highest BCUT2D eigenvalue weighted by molar-refractivity contribution is 5.25. The molecule has 0 spiro atoms. The Kier molecular flexibility index (Phi) is 6.92. The van der Waals surface area contributed by atoms with Crippen molar-refractivity contribution >= 4 is 0 Å². The van der Waals surface area contributed by atoms with Gasteiger partial charge in [0.15, 0.2) is 12.6 Å². The number of rotatable bonds is 5. The molecule has 2 aliphatic heterocycles. The Balaban J connectivity index is 1.39. The lowest BCUT2D eigenvalue weighted by atomic mass is 10.0. The van der Waals surface area contributed by atoms with Crippen LogP contribution in [0.5, 0.6) is 0 Å². The summed E-state index contributed by atoms with van der Waals surface area (Å²) in [4.78, 5) is 0. The molecular formula is C20H25F3O4. The third kappa shape index (κ3) is 5.78. The maximum atomic E-state index is 12.6. The van der Waals surface area contributed by atoms with Crippen LogP contribution in [0.4, 0.5) is 13.2 Å². The van der Waals surface area contributed by atoms with Gasteiger partial charge in [0.25, 0.3) is 0 Å². The average molecular weight is 386 g/mol. The summed E-state index contributed by atoms with van der Waals surface area (Å²) in [6, 6.07) is 4.90. The first-order valence-corrected chi connectivity index (χ1v) is 9.22. The van der Waals surface area contributed by atoms with Crippen molar-refractivity contribution < 1.29 is 32.1 Å². The lowest BCUT2D eigenvalue weighted by Crippen LogP contribution is -2.33. The minimum Gasteiger partial charge on any atom is -0.352 e. The predicted molar refractivity (Wildman–Crippen MR) is 92.8 cm³/mol. The number of hydrogen-bond donors (Lipinski definition) is 0. The molecule has 0 atom stereocenters. The lowest BCUT2D eigenvalue weighted by molar-refractivity contribution is -0.217. The van der Waals surface area contributed by atoms with Crippen molar-refractivity contribution in [3.8, 4) is 0 Å². The molecule has 0 bridgehead atoms. The zero-order valence-corrected chi connectivity index (χ0v) is 15.3. The maximum absolute atomic E-state index is 12.6. The second kappa shape index (κ2) is 9.19. The summed E-state index contributed by atoms with van der Waals surface area (Å²) in [5.41, 5.74) is -0.0838. The Bertz CT molecular complexity index is 599. The van der Waals surface area contributed by atoms with Gasteiger partial charge in [-0.1, -0.05) is 24.3 Å². The number of halogens is 3. The maximum Gasteiger partial charge on any atom is 0.416 e. The molecule has 0 aromatic heterocycles. The number of hydrogen-bond acceptors (Lipinski definition) is 4. The van der Waals surface area contributed by atoms with Gasteiger partial charge in [0.05, 0.1) is 32.0 Å². The van der Waals surface area contributed by atoms with Crippen LogP contribution in [0.2, 0.25) is 0 Å². The Hall–Kier alpha value is -1.41. The van der Waals surface area contributed by atoms with Crippen LogP contribution >= 0.6 is 0 Å². The van der Waals surface area contributed by atoms with Crippen molar-refractivity contribution in [2.24, 2.45) is 11.8 Å². The fourth-order valence-electron chi connectivity index (χ4n) is 3.21. The van der Waals surface area contributed by atoms with E-state index in [1.807, 2.05) is 13.0 Å². The largest absolute Gasteiger partial charge is 0.416 e. The third-order valence-electron chi connectivity index (χ3n) is 4.74. The van der Waals surface area contributed by atoms with Crippen LogP contribution in [-0.4, -0.2) is 32.7 Å². The van der Waals surface area contributed by atoms with E-state index in [0.29, 0.717) is 37.9 Å². The first kappa shape index (κ1) is 20.3. The van der Waals surface area contributed by atoms with Crippen LogP contribution in [0, 0.1) is 11.8 Å². The van der Waals surface area contributed by atoms with Crippen molar-refractivity contribution in [3.63, 3.8) is 0 Å². The van der Waals surface area contributed by atoms with E-state index >= 15 is 0 Å². The standard InChI is InChI=1S/C20H25F3O4/c1-2-3-14-10-24-18(25-11-14)9-4-15-12-26-19(27-13-15)16-5-7-17(8-6-16)20(21,22)23/h2-3,5-8,14-15,18-19H,4,9-13H2,1H3/t14-,15-,18-,19-. The zero-order valence-electron chi connectivity index (χ0n) is 15.3. The van der Waals surface area contributed by atoms with E-state index in [1.165, 1.54) is 12.1 Å². The van der Waals surface area contributed by atoms with Gasteiger partial charge in [-0.2, -0.15) is 13.2 Å². The highest BCUT2D eigenvalue weighted by Gasteiger charge is 2.31. The van der Waals surface area contributed by atoms with Gasteiger partial charge in [-0.05, 0) is 31.9 Å². The number of benzene rings is 1. The fraction of sp³-hybridized carbons (Fsp3) is 0.600. The molecule has 1 aromatic carbocycles. The van der Waals surface area contributed by atoms with Gasteiger partial charge in [-0.15, -0.1) is 0 Å². The Morgan fingerprint density at radius 2 is 1.56 bits per heavy atom. The van der Waals surface area contributed by atoms with Crippen molar-refractivity contribution in [3.05, 3.63) is 47.5 Å². The van der Waals surface area contributed by atoms with Crippen LogP contribution < -0.4 is 0 Å². The van der Waals surface area contributed by atoms with Gasteiger partial charge < -0.3 is 18.9 Å².